The van der Waals surface area contributed by atoms with Crippen LogP contribution in [0.25, 0.3) is 0 Å². The second-order valence-corrected chi connectivity index (χ2v) is 12.2. The third-order valence-electron chi connectivity index (χ3n) is 8.06. The summed E-state index contributed by atoms with van der Waals surface area (Å²) < 4.78 is 60.4. The lowest BCUT2D eigenvalue weighted by Crippen LogP contribution is -2.12. The van der Waals surface area contributed by atoms with E-state index in [1.165, 1.54) is 93.8 Å². The van der Waals surface area contributed by atoms with Crippen molar-refractivity contribution >= 4 is 17.3 Å². The second-order valence-electron chi connectivity index (χ2n) is 12.2. The molecule has 0 fully saturated rings. The SMILES string of the molecule is CCCCCCCCCCCCOc1ccc(C(=O)Oc2ccc(N=Nc3ccc(OC(C)CCCCCC)c(F)c3)cc2)c(F)c1F. The number of benzene rings is 3. The third kappa shape index (κ3) is 13.7. The number of rotatable bonds is 23. The molecule has 3 aromatic rings. The minimum Gasteiger partial charge on any atom is -0.490 e. The van der Waals surface area contributed by atoms with E-state index in [2.05, 4.69) is 24.1 Å². The highest BCUT2D eigenvalue weighted by Gasteiger charge is 2.21. The number of ether oxygens (including phenoxy) is 3. The lowest BCUT2D eigenvalue weighted by molar-refractivity contribution is 0.0728. The van der Waals surface area contributed by atoms with Crippen LogP contribution in [0.15, 0.2) is 64.8 Å². The van der Waals surface area contributed by atoms with Crippen LogP contribution in [-0.2, 0) is 0 Å². The lowest BCUT2D eigenvalue weighted by Gasteiger charge is -2.15. The van der Waals surface area contributed by atoms with Gasteiger partial charge < -0.3 is 14.2 Å². The predicted molar refractivity (Wildman–Crippen MR) is 185 cm³/mol. The topological polar surface area (TPSA) is 69.5 Å². The molecule has 0 saturated heterocycles. The van der Waals surface area contributed by atoms with Crippen molar-refractivity contribution in [3.8, 4) is 17.2 Å². The Morgan fingerprint density at radius 2 is 1.23 bits per heavy atom. The van der Waals surface area contributed by atoms with Crippen LogP contribution in [0.4, 0.5) is 24.5 Å². The van der Waals surface area contributed by atoms with Crippen LogP contribution in [0.5, 0.6) is 17.2 Å². The Balaban J connectivity index is 1.43. The Bertz CT molecular complexity index is 1420. The van der Waals surface area contributed by atoms with Crippen molar-refractivity contribution < 1.29 is 32.2 Å². The van der Waals surface area contributed by atoms with Gasteiger partial charge in [0.25, 0.3) is 0 Å². The highest BCUT2D eigenvalue weighted by Crippen LogP contribution is 2.28. The quantitative estimate of drug-likeness (QED) is 0.0436. The van der Waals surface area contributed by atoms with Gasteiger partial charge in [-0.2, -0.15) is 14.6 Å². The first-order chi connectivity index (χ1) is 23.3. The highest BCUT2D eigenvalue weighted by atomic mass is 19.2. The Kier molecular flexibility index (Phi) is 17.6. The summed E-state index contributed by atoms with van der Waals surface area (Å²) in [4.78, 5) is 12.6. The molecule has 9 heteroatoms. The number of hydrogen-bond acceptors (Lipinski definition) is 6. The fraction of sp³-hybridized carbons (Fsp3) is 0.513. The summed E-state index contributed by atoms with van der Waals surface area (Å²) in [6.07, 6.45) is 16.9. The van der Waals surface area contributed by atoms with Gasteiger partial charge in [-0.25, -0.2) is 13.6 Å². The summed E-state index contributed by atoms with van der Waals surface area (Å²) in [5, 5.41) is 8.16. The molecule has 0 heterocycles. The molecule has 6 nitrogen and oxygen atoms in total. The van der Waals surface area contributed by atoms with Gasteiger partial charge in [-0.05, 0) is 74.7 Å². The maximum absolute atomic E-state index is 14.7. The van der Waals surface area contributed by atoms with Crippen molar-refractivity contribution in [3.05, 3.63) is 77.6 Å². The first-order valence-corrected chi connectivity index (χ1v) is 17.6. The molecule has 0 aliphatic rings. The standard InChI is InChI=1S/C39H51F3N2O4/c1-4-6-8-10-11-12-13-14-15-17-27-46-36-26-24-33(37(41)38(36)42)39(45)48-32-22-19-30(20-23-32)43-44-31-21-25-35(34(40)28-31)47-29(3)18-16-9-7-5-2/h19-26,28-29H,4-18,27H2,1-3H3. The average Bonchev–Trinajstić information content (AvgIpc) is 3.08. The number of carbonyl (C=O) groups is 1. The van der Waals surface area contributed by atoms with Crippen molar-refractivity contribution in [2.45, 2.75) is 123 Å². The van der Waals surface area contributed by atoms with Gasteiger partial charge in [-0.15, -0.1) is 0 Å². The lowest BCUT2D eigenvalue weighted by atomic mass is 10.1. The van der Waals surface area contributed by atoms with Gasteiger partial charge in [-0.3, -0.25) is 0 Å². The van der Waals surface area contributed by atoms with E-state index in [4.69, 9.17) is 14.2 Å². The van der Waals surface area contributed by atoms with Crippen LogP contribution in [0.1, 0.15) is 127 Å². The molecule has 0 spiro atoms. The number of carbonyl (C=O) groups excluding carboxylic acids is 1. The molecule has 0 aliphatic heterocycles. The molecule has 1 unspecified atom stereocenters. The summed E-state index contributed by atoms with van der Waals surface area (Å²) in [5.74, 6) is -4.07. The fourth-order valence-corrected chi connectivity index (χ4v) is 5.21. The van der Waals surface area contributed by atoms with E-state index in [0.29, 0.717) is 11.4 Å². The highest BCUT2D eigenvalue weighted by molar-refractivity contribution is 5.91. The first-order valence-electron chi connectivity index (χ1n) is 17.6. The molecular weight excluding hydrogens is 617 g/mol. The van der Waals surface area contributed by atoms with Crippen LogP contribution in [0.2, 0.25) is 0 Å². The third-order valence-corrected chi connectivity index (χ3v) is 8.06. The maximum atomic E-state index is 14.7. The van der Waals surface area contributed by atoms with Gasteiger partial charge >= 0.3 is 5.97 Å². The van der Waals surface area contributed by atoms with Gasteiger partial charge in [0, 0.05) is 6.07 Å². The van der Waals surface area contributed by atoms with Crippen molar-refractivity contribution in [2.75, 3.05) is 6.61 Å². The fourth-order valence-electron chi connectivity index (χ4n) is 5.21. The summed E-state index contributed by atoms with van der Waals surface area (Å²) in [6, 6.07) is 12.8. The summed E-state index contributed by atoms with van der Waals surface area (Å²) in [6.45, 7) is 6.57. The van der Waals surface area contributed by atoms with Crippen molar-refractivity contribution in [3.63, 3.8) is 0 Å². The van der Waals surface area contributed by atoms with E-state index >= 15 is 0 Å². The van der Waals surface area contributed by atoms with Crippen LogP contribution in [-0.4, -0.2) is 18.7 Å². The monoisotopic (exact) mass is 668 g/mol. The number of hydrogen-bond donors (Lipinski definition) is 0. The Labute approximate surface area is 284 Å². The summed E-state index contributed by atoms with van der Waals surface area (Å²) in [5.41, 5.74) is 0.180. The van der Waals surface area contributed by atoms with E-state index in [1.54, 1.807) is 6.07 Å². The van der Waals surface area contributed by atoms with Gasteiger partial charge in [0.05, 0.1) is 29.6 Å². The Morgan fingerprint density at radius 1 is 0.667 bits per heavy atom. The molecule has 0 amide bonds. The number of halogens is 3. The zero-order chi connectivity index (χ0) is 34.6. The van der Waals surface area contributed by atoms with Crippen molar-refractivity contribution in [1.29, 1.82) is 0 Å². The van der Waals surface area contributed by atoms with Gasteiger partial charge in [0.2, 0.25) is 5.82 Å². The van der Waals surface area contributed by atoms with E-state index in [0.717, 1.165) is 51.0 Å². The normalized spacial score (nSPS) is 12.0. The molecule has 0 aliphatic carbocycles. The molecule has 0 radical (unpaired) electrons. The minimum absolute atomic E-state index is 0.0931. The molecule has 262 valence electrons. The molecule has 3 rings (SSSR count). The van der Waals surface area contributed by atoms with Crippen LogP contribution >= 0.6 is 0 Å². The van der Waals surface area contributed by atoms with E-state index < -0.39 is 29.0 Å². The van der Waals surface area contributed by atoms with Crippen LogP contribution < -0.4 is 14.2 Å². The zero-order valence-corrected chi connectivity index (χ0v) is 28.7. The Hall–Kier alpha value is -3.88. The van der Waals surface area contributed by atoms with Gasteiger partial charge in [0.1, 0.15) is 5.75 Å². The van der Waals surface area contributed by atoms with Gasteiger partial charge in [-0.1, -0.05) is 90.9 Å². The summed E-state index contributed by atoms with van der Waals surface area (Å²) >= 11 is 0. The molecule has 0 bridgehead atoms. The number of unbranched alkanes of at least 4 members (excludes halogenated alkanes) is 12. The predicted octanol–water partition coefficient (Wildman–Crippen LogP) is 12.8. The molecule has 0 saturated carbocycles. The summed E-state index contributed by atoms with van der Waals surface area (Å²) in [7, 11) is 0. The average molecular weight is 669 g/mol. The molecule has 1 atom stereocenters. The van der Waals surface area contributed by atoms with Crippen molar-refractivity contribution in [1.82, 2.24) is 0 Å². The number of nitrogens with zero attached hydrogens (tertiary/aromatic N) is 2. The molecular formula is C39H51F3N2O4. The molecule has 0 N–H and O–H groups in total. The largest absolute Gasteiger partial charge is 0.490 e. The minimum atomic E-state index is -1.32. The van der Waals surface area contributed by atoms with Crippen LogP contribution in [0, 0.1) is 17.5 Å². The Morgan fingerprint density at radius 3 is 1.88 bits per heavy atom. The number of azo groups is 1. The molecule has 48 heavy (non-hydrogen) atoms. The van der Waals surface area contributed by atoms with Crippen LogP contribution in [0.3, 0.4) is 0 Å². The smallest absolute Gasteiger partial charge is 0.346 e. The first kappa shape index (κ1) is 38.6. The molecule has 3 aromatic carbocycles. The molecule has 0 aromatic heterocycles. The van der Waals surface area contributed by atoms with E-state index in [9.17, 15) is 18.0 Å². The van der Waals surface area contributed by atoms with Gasteiger partial charge in [0.15, 0.2) is 23.1 Å². The second kappa shape index (κ2) is 21.9. The van der Waals surface area contributed by atoms with E-state index in [1.807, 2.05) is 6.92 Å². The van der Waals surface area contributed by atoms with Crippen molar-refractivity contribution in [2.24, 2.45) is 10.2 Å². The maximum Gasteiger partial charge on any atom is 0.346 e. The van der Waals surface area contributed by atoms with E-state index in [-0.39, 0.29) is 30.0 Å². The zero-order valence-electron chi connectivity index (χ0n) is 28.7. The number of esters is 1.